The van der Waals surface area contributed by atoms with Gasteiger partial charge in [-0.05, 0) is 0 Å². The molecule has 0 amide bonds. The van der Waals surface area contributed by atoms with E-state index >= 15 is 0 Å². The van der Waals surface area contributed by atoms with Crippen LogP contribution in [0.2, 0.25) is 0 Å². The average molecular weight is 527 g/mol. The molecule has 0 spiro atoms. The fourth-order valence-electron chi connectivity index (χ4n) is 3.49. The zero-order valence-corrected chi connectivity index (χ0v) is 18.7. The van der Waals surface area contributed by atoms with Gasteiger partial charge in [0.15, 0.2) is 0 Å². The zero-order chi connectivity index (χ0) is 19.0. The summed E-state index contributed by atoms with van der Waals surface area (Å²) in [6.07, 6.45) is 0. The quantitative estimate of drug-likeness (QED) is 0.567. The number of rotatable bonds is 4. The number of hydrogen-bond acceptors (Lipinski definition) is 4. The molecule has 0 N–H and O–H groups in total. The van der Waals surface area contributed by atoms with E-state index < -0.39 is 0 Å². The predicted molar refractivity (Wildman–Crippen MR) is 111 cm³/mol. The molecule has 1 aliphatic heterocycles. The Bertz CT molecular complexity index is 712. The Labute approximate surface area is 169 Å². The molecule has 3 rings (SSSR count). The van der Waals surface area contributed by atoms with Crippen molar-refractivity contribution in [2.75, 3.05) is 37.8 Å². The Hall–Kier alpha value is -1.35. The van der Waals surface area contributed by atoms with Crippen LogP contribution in [0.1, 0.15) is 11.1 Å². The van der Waals surface area contributed by atoms with Crippen molar-refractivity contribution in [1.29, 1.82) is 0 Å². The van der Waals surface area contributed by atoms with Gasteiger partial charge < -0.3 is 0 Å². The Morgan fingerprint density at radius 3 is 1.23 bits per heavy atom. The molecule has 138 valence electrons. The third-order valence-electron chi connectivity index (χ3n) is 4.85. The van der Waals surface area contributed by atoms with Gasteiger partial charge in [-0.25, -0.2) is 0 Å². The van der Waals surface area contributed by atoms with E-state index in [1.54, 1.807) is 0 Å². The molecule has 1 aliphatic rings. The Kier molecular flexibility index (Phi) is 5.76. The molecule has 2 aromatic rings. The summed E-state index contributed by atoms with van der Waals surface area (Å²) in [5.41, 5.74) is 5.01. The summed E-state index contributed by atoms with van der Waals surface area (Å²) >= 11 is 2.47. The van der Waals surface area contributed by atoms with Crippen molar-refractivity contribution in [2.24, 2.45) is 0 Å². The first-order valence-electron chi connectivity index (χ1n) is 8.85. The Morgan fingerprint density at radius 1 is 0.654 bits per heavy atom. The van der Waals surface area contributed by atoms with E-state index in [4.69, 9.17) is 0 Å². The molecular formula is C19H26B2N4Pt. The molecule has 0 aromatic heterocycles. The van der Waals surface area contributed by atoms with Crippen LogP contribution in [0.3, 0.4) is 0 Å². The van der Waals surface area contributed by atoms with E-state index in [0.29, 0.717) is 0 Å². The Morgan fingerprint density at radius 2 is 0.962 bits per heavy atom. The average Bonchev–Trinajstić information content (AvgIpc) is 2.90. The van der Waals surface area contributed by atoms with Crippen LogP contribution in [0, 0.1) is 13.8 Å². The van der Waals surface area contributed by atoms with Gasteiger partial charge in [-0.3, -0.25) is 0 Å². The van der Waals surface area contributed by atoms with Crippen LogP contribution < -0.4 is 9.62 Å². The van der Waals surface area contributed by atoms with E-state index in [1.807, 2.05) is 0 Å². The van der Waals surface area contributed by atoms with Gasteiger partial charge in [0, 0.05) is 0 Å². The summed E-state index contributed by atoms with van der Waals surface area (Å²) in [4.78, 5) is 9.48. The van der Waals surface area contributed by atoms with Gasteiger partial charge in [-0.1, -0.05) is 0 Å². The first-order valence-corrected chi connectivity index (χ1v) is 9.99. The summed E-state index contributed by atoms with van der Waals surface area (Å²) in [5, 5.41) is 0. The molecule has 0 atom stereocenters. The number of hydrogen-bond donors (Lipinski definition) is 0. The van der Waals surface area contributed by atoms with Crippen LogP contribution >= 0.6 is 0 Å². The van der Waals surface area contributed by atoms with E-state index in [1.165, 1.54) is 26.6 Å². The van der Waals surface area contributed by atoms with Crippen molar-refractivity contribution in [1.82, 2.24) is 9.62 Å². The van der Waals surface area contributed by atoms with Crippen molar-refractivity contribution < 1.29 is 19.4 Å². The van der Waals surface area contributed by atoms with E-state index in [0.717, 1.165) is 0 Å². The molecule has 0 aliphatic carbocycles. The van der Waals surface area contributed by atoms with Crippen molar-refractivity contribution in [3.63, 3.8) is 0 Å². The SMILES string of the molecule is Cc1ccc(N2B(N(C)C)B(N(C)C)N(c3ccc(C)cc3)[C]2=[Pt])cc1. The van der Waals surface area contributed by atoms with Gasteiger partial charge in [0.1, 0.15) is 0 Å². The summed E-state index contributed by atoms with van der Waals surface area (Å²) in [7, 11) is 8.63. The second-order valence-electron chi connectivity index (χ2n) is 7.41. The molecule has 0 bridgehead atoms. The molecule has 26 heavy (non-hydrogen) atoms. The van der Waals surface area contributed by atoms with Gasteiger partial charge in [0.05, 0.1) is 0 Å². The second-order valence-corrected chi connectivity index (χ2v) is 8.42. The first-order chi connectivity index (χ1) is 12.3. The summed E-state index contributed by atoms with van der Waals surface area (Å²) in [6, 6.07) is 17.6. The molecular weight excluding hydrogens is 501 g/mol. The molecule has 1 saturated heterocycles. The van der Waals surface area contributed by atoms with Gasteiger partial charge >= 0.3 is 170 Å². The molecule has 7 heteroatoms. The van der Waals surface area contributed by atoms with Gasteiger partial charge in [0.25, 0.3) is 0 Å². The van der Waals surface area contributed by atoms with E-state index in [2.05, 4.69) is 129 Å². The van der Waals surface area contributed by atoms with E-state index in [9.17, 15) is 0 Å². The maximum atomic E-state index is 2.47. The van der Waals surface area contributed by atoms with Gasteiger partial charge in [-0.2, -0.15) is 0 Å². The molecule has 1 fully saturated rings. The fourth-order valence-corrected chi connectivity index (χ4v) is 4.68. The summed E-state index contributed by atoms with van der Waals surface area (Å²) in [5.74, 6) is 0. The van der Waals surface area contributed by atoms with Crippen LogP contribution in [0.5, 0.6) is 0 Å². The number of nitrogens with zero attached hydrogens (tertiary/aromatic N) is 4. The normalized spacial score (nSPS) is 15.1. The Balaban J connectivity index is 2.11. The molecule has 2 aromatic carbocycles. The minimum absolute atomic E-state index is 0.210. The monoisotopic (exact) mass is 527 g/mol. The zero-order valence-electron chi connectivity index (χ0n) is 16.4. The molecule has 4 nitrogen and oxygen atoms in total. The van der Waals surface area contributed by atoms with Crippen molar-refractivity contribution in [3.8, 4) is 0 Å². The third-order valence-corrected chi connectivity index (χ3v) is 5.94. The van der Waals surface area contributed by atoms with Crippen LogP contribution in [0.25, 0.3) is 0 Å². The molecule has 0 unspecified atom stereocenters. The molecule has 0 radical (unpaired) electrons. The summed E-state index contributed by atoms with van der Waals surface area (Å²) < 4.78 is 1.22. The van der Waals surface area contributed by atoms with Crippen LogP contribution in [0.4, 0.5) is 11.4 Å². The summed E-state index contributed by atoms with van der Waals surface area (Å²) in [6.45, 7) is 4.68. The van der Waals surface area contributed by atoms with Crippen LogP contribution in [-0.2, 0) is 19.4 Å². The molecule has 0 saturated carbocycles. The maximum absolute atomic E-state index is 2.47. The number of anilines is 2. The van der Waals surface area contributed by atoms with Crippen molar-refractivity contribution in [3.05, 3.63) is 59.7 Å². The third kappa shape index (κ3) is 3.55. The number of aryl methyl sites for hydroxylation is 2. The van der Waals surface area contributed by atoms with Crippen molar-refractivity contribution in [2.45, 2.75) is 13.8 Å². The van der Waals surface area contributed by atoms with Crippen LogP contribution in [-0.4, -0.2) is 55.7 Å². The van der Waals surface area contributed by atoms with Crippen LogP contribution in [0.15, 0.2) is 48.5 Å². The van der Waals surface area contributed by atoms with Crippen molar-refractivity contribution >= 4 is 29.3 Å². The topological polar surface area (TPSA) is 13.0 Å². The second kappa shape index (κ2) is 7.72. The molecule has 1 heterocycles. The fraction of sp³-hybridized carbons (Fsp3) is 0.316. The number of benzene rings is 2. The van der Waals surface area contributed by atoms with Gasteiger partial charge in [-0.15, -0.1) is 0 Å². The van der Waals surface area contributed by atoms with Gasteiger partial charge in [0.2, 0.25) is 0 Å². The van der Waals surface area contributed by atoms with E-state index in [-0.39, 0.29) is 13.7 Å². The standard InChI is InChI=1S/C19H26B2N4.Pt/c1-16-7-11-18(12-8-16)24-15-25(19-13-9-17(2)10-14-19)21(23(5)6)20(24)22(3)4;/h7-14H,1-6H3;. The first kappa shape index (κ1) is 19.4. The predicted octanol–water partition coefficient (Wildman–Crippen LogP) is 2.44. The minimum atomic E-state index is 0.210.